The molecule has 2 atom stereocenters. The van der Waals surface area contributed by atoms with Crippen molar-refractivity contribution in [1.82, 2.24) is 0 Å². The van der Waals surface area contributed by atoms with Crippen molar-refractivity contribution in [3.8, 4) is 0 Å². The van der Waals surface area contributed by atoms with Crippen LogP contribution in [0.4, 0.5) is 10.1 Å². The molecular weight excluding hydrogens is 237 g/mol. The summed E-state index contributed by atoms with van der Waals surface area (Å²) in [6, 6.07) is 2.34. The van der Waals surface area contributed by atoms with Gasteiger partial charge in [0.25, 0.3) is 0 Å². The Morgan fingerprint density at radius 3 is 3.00 bits per heavy atom. The molecule has 0 fully saturated rings. The molecule has 0 amide bonds. The average molecular weight is 249 g/mol. The minimum Gasteiger partial charge on any atom is -0.393 e. The van der Waals surface area contributed by atoms with E-state index in [1.165, 1.54) is 6.07 Å². The number of hydrogen-bond acceptors (Lipinski definition) is 4. The molecule has 0 aromatic heterocycles. The number of anilines is 1. The van der Waals surface area contributed by atoms with Crippen LogP contribution in [0.25, 0.3) is 6.08 Å². The Morgan fingerprint density at radius 2 is 2.33 bits per heavy atom. The van der Waals surface area contributed by atoms with Crippen LogP contribution in [0.2, 0.25) is 0 Å². The fourth-order valence-electron chi connectivity index (χ4n) is 2.72. The molecule has 0 aliphatic carbocycles. The van der Waals surface area contributed by atoms with Gasteiger partial charge in [0, 0.05) is 5.56 Å². The van der Waals surface area contributed by atoms with E-state index in [1.54, 1.807) is 23.1 Å². The molecule has 1 aromatic rings. The highest BCUT2D eigenvalue weighted by atomic mass is 19.1. The third-order valence-corrected chi connectivity index (χ3v) is 3.58. The molecule has 0 saturated carbocycles. The Kier molecular flexibility index (Phi) is 2.30. The number of carbonyl (C=O) groups is 1. The van der Waals surface area contributed by atoms with Crippen LogP contribution in [0, 0.1) is 5.82 Å². The number of aliphatic hydroxyl groups excluding tert-OH is 1. The summed E-state index contributed by atoms with van der Waals surface area (Å²) in [6.45, 7) is -0.567. The molecule has 2 unspecified atom stereocenters. The summed E-state index contributed by atoms with van der Waals surface area (Å²) in [6.07, 6.45) is 4.16. The largest absolute Gasteiger partial charge is 0.393 e. The normalized spacial score (nSPS) is 28.4. The van der Waals surface area contributed by atoms with Gasteiger partial charge in [0.2, 0.25) is 0 Å². The first-order valence-electron chi connectivity index (χ1n) is 5.67. The monoisotopic (exact) mass is 249 g/mol. The van der Waals surface area contributed by atoms with Gasteiger partial charge in [-0.25, -0.2) is 4.39 Å². The Morgan fingerprint density at radius 1 is 1.56 bits per heavy atom. The molecule has 1 aromatic carbocycles. The molecule has 4 nitrogen and oxygen atoms in total. The molecule has 3 rings (SSSR count). The summed E-state index contributed by atoms with van der Waals surface area (Å²) >= 11 is 0. The van der Waals surface area contributed by atoms with Crippen LogP contribution >= 0.6 is 0 Å². The highest BCUT2D eigenvalue weighted by Gasteiger charge is 2.46. The predicted molar refractivity (Wildman–Crippen MR) is 63.6 cm³/mol. The van der Waals surface area contributed by atoms with Gasteiger partial charge in [0.05, 0.1) is 18.8 Å². The van der Waals surface area contributed by atoms with Crippen LogP contribution in [0.5, 0.6) is 0 Å². The first-order valence-corrected chi connectivity index (χ1v) is 5.67. The zero-order chi connectivity index (χ0) is 12.9. The summed E-state index contributed by atoms with van der Waals surface area (Å²) in [5.74, 6) is -0.562. The molecule has 0 spiro atoms. The Bertz CT molecular complexity index is 557. The SMILES string of the molecule is O=CC1C=Cc2ccc(F)c3c2N1CC3(O)CO. The van der Waals surface area contributed by atoms with Gasteiger partial charge in [0.1, 0.15) is 23.7 Å². The highest BCUT2D eigenvalue weighted by Crippen LogP contribution is 2.45. The van der Waals surface area contributed by atoms with Crippen molar-refractivity contribution in [1.29, 1.82) is 0 Å². The minimum absolute atomic E-state index is 0.0144. The van der Waals surface area contributed by atoms with E-state index >= 15 is 0 Å². The maximum Gasteiger partial charge on any atom is 0.146 e. The molecule has 2 aliphatic heterocycles. The van der Waals surface area contributed by atoms with E-state index in [9.17, 15) is 19.4 Å². The quantitative estimate of drug-likeness (QED) is 0.746. The van der Waals surface area contributed by atoms with E-state index in [2.05, 4.69) is 0 Å². The van der Waals surface area contributed by atoms with E-state index in [0.717, 1.165) is 11.8 Å². The fraction of sp³-hybridized carbons (Fsp3) is 0.308. The van der Waals surface area contributed by atoms with Crippen molar-refractivity contribution in [2.45, 2.75) is 11.6 Å². The van der Waals surface area contributed by atoms with Crippen molar-refractivity contribution in [2.75, 3.05) is 18.1 Å². The molecule has 18 heavy (non-hydrogen) atoms. The van der Waals surface area contributed by atoms with E-state index in [1.807, 2.05) is 0 Å². The van der Waals surface area contributed by atoms with Crippen molar-refractivity contribution in [2.24, 2.45) is 0 Å². The number of benzene rings is 1. The molecule has 2 aliphatic rings. The Balaban J connectivity index is 2.28. The van der Waals surface area contributed by atoms with Crippen LogP contribution < -0.4 is 4.90 Å². The molecule has 2 heterocycles. The number of carbonyl (C=O) groups excluding carboxylic acids is 1. The van der Waals surface area contributed by atoms with E-state index < -0.39 is 24.1 Å². The van der Waals surface area contributed by atoms with E-state index in [4.69, 9.17) is 0 Å². The second kappa shape index (κ2) is 3.63. The Hall–Kier alpha value is -1.72. The summed E-state index contributed by atoms with van der Waals surface area (Å²) in [5.41, 5.74) is -0.318. The van der Waals surface area contributed by atoms with Gasteiger partial charge in [-0.1, -0.05) is 12.2 Å². The number of halogens is 1. The molecule has 0 radical (unpaired) electrons. The molecule has 0 bridgehead atoms. The van der Waals surface area contributed by atoms with Crippen molar-refractivity contribution in [3.05, 3.63) is 35.2 Å². The van der Waals surface area contributed by atoms with Gasteiger partial charge in [0.15, 0.2) is 0 Å². The van der Waals surface area contributed by atoms with Gasteiger partial charge in [-0.2, -0.15) is 0 Å². The number of aliphatic hydroxyl groups is 2. The third kappa shape index (κ3) is 1.28. The van der Waals surface area contributed by atoms with Crippen molar-refractivity contribution < 1.29 is 19.4 Å². The van der Waals surface area contributed by atoms with E-state index in [-0.39, 0.29) is 12.1 Å². The van der Waals surface area contributed by atoms with Crippen LogP contribution in [0.15, 0.2) is 18.2 Å². The first-order chi connectivity index (χ1) is 8.60. The van der Waals surface area contributed by atoms with Crippen molar-refractivity contribution in [3.63, 3.8) is 0 Å². The van der Waals surface area contributed by atoms with Crippen LogP contribution in [-0.4, -0.2) is 35.7 Å². The summed E-state index contributed by atoms with van der Waals surface area (Å²) in [4.78, 5) is 12.6. The summed E-state index contributed by atoms with van der Waals surface area (Å²) in [7, 11) is 0. The predicted octanol–water partition coefficient (Wildman–Crippen LogP) is 0.420. The smallest absolute Gasteiger partial charge is 0.146 e. The van der Waals surface area contributed by atoms with Gasteiger partial charge in [-0.15, -0.1) is 0 Å². The summed E-state index contributed by atoms with van der Waals surface area (Å²) in [5, 5.41) is 19.7. The van der Waals surface area contributed by atoms with Gasteiger partial charge in [-0.3, -0.25) is 0 Å². The zero-order valence-corrected chi connectivity index (χ0v) is 9.51. The lowest BCUT2D eigenvalue weighted by Crippen LogP contribution is -2.42. The fourth-order valence-corrected chi connectivity index (χ4v) is 2.72. The average Bonchev–Trinajstić information content (AvgIpc) is 2.70. The zero-order valence-electron chi connectivity index (χ0n) is 9.51. The molecule has 2 N–H and O–H groups in total. The number of aldehydes is 1. The molecule has 5 heteroatoms. The standard InChI is InChI=1S/C13H12FNO3/c14-10-4-2-8-1-3-9(5-16)15-6-13(18,7-17)11(10)12(8)15/h1-5,9,17-18H,6-7H2. The van der Waals surface area contributed by atoms with Crippen LogP contribution in [-0.2, 0) is 10.4 Å². The Labute approximate surface area is 103 Å². The van der Waals surface area contributed by atoms with E-state index in [0.29, 0.717) is 5.69 Å². The molecular formula is C13H12FNO3. The maximum atomic E-state index is 13.9. The van der Waals surface area contributed by atoms with Crippen molar-refractivity contribution >= 4 is 18.0 Å². The lowest BCUT2D eigenvalue weighted by Gasteiger charge is -2.29. The van der Waals surface area contributed by atoms with Gasteiger partial charge < -0.3 is 19.9 Å². The number of hydrogen-bond donors (Lipinski definition) is 2. The summed E-state index contributed by atoms with van der Waals surface area (Å²) < 4.78 is 13.9. The number of nitrogens with zero attached hydrogens (tertiary/aromatic N) is 1. The van der Waals surface area contributed by atoms with Gasteiger partial charge in [-0.05, 0) is 17.7 Å². The maximum absolute atomic E-state index is 13.9. The second-order valence-electron chi connectivity index (χ2n) is 4.66. The van der Waals surface area contributed by atoms with Crippen LogP contribution in [0.1, 0.15) is 11.1 Å². The second-order valence-corrected chi connectivity index (χ2v) is 4.66. The van der Waals surface area contributed by atoms with Gasteiger partial charge >= 0.3 is 0 Å². The first kappa shape index (κ1) is 11.4. The minimum atomic E-state index is -1.65. The lowest BCUT2D eigenvalue weighted by atomic mass is 9.94. The highest BCUT2D eigenvalue weighted by molar-refractivity contribution is 5.85. The topological polar surface area (TPSA) is 60.8 Å². The number of rotatable bonds is 2. The molecule has 94 valence electrons. The third-order valence-electron chi connectivity index (χ3n) is 3.58. The molecule has 0 saturated heterocycles. The lowest BCUT2D eigenvalue weighted by molar-refractivity contribution is -0.108. The van der Waals surface area contributed by atoms with Crippen LogP contribution in [0.3, 0.4) is 0 Å².